The Morgan fingerprint density at radius 1 is 1.41 bits per heavy atom. The van der Waals surface area contributed by atoms with Crippen LogP contribution in [-0.2, 0) is 0 Å². The second kappa shape index (κ2) is 4.10. The Labute approximate surface area is 105 Å². The molecule has 0 radical (unpaired) electrons. The Bertz CT molecular complexity index is 315. The summed E-state index contributed by atoms with van der Waals surface area (Å²) in [6.07, 6.45) is 4.83. The van der Waals surface area contributed by atoms with E-state index in [-0.39, 0.29) is 17.4 Å². The standard InChI is InChI=1S/C15H26O2/c1-10-6-5-7-15(4)9-13(16)12(8-11(10)15)14(2,3)17/h11-13,16-17H,1,5-9H2,2-4H3/t11-,12+,13+,15-/m1/s1. The molecule has 2 heteroatoms. The third-order valence-electron chi connectivity index (χ3n) is 5.12. The summed E-state index contributed by atoms with van der Waals surface area (Å²) in [5.41, 5.74) is 0.745. The molecule has 2 aliphatic rings. The highest BCUT2D eigenvalue weighted by molar-refractivity contribution is 5.14. The van der Waals surface area contributed by atoms with Crippen molar-refractivity contribution in [2.45, 2.75) is 64.6 Å². The fourth-order valence-corrected chi connectivity index (χ4v) is 4.05. The first-order chi connectivity index (χ1) is 7.74. The number of allylic oxidation sites excluding steroid dienone is 1. The van der Waals surface area contributed by atoms with Gasteiger partial charge in [-0.2, -0.15) is 0 Å². The van der Waals surface area contributed by atoms with Gasteiger partial charge in [-0.15, -0.1) is 0 Å². The number of aliphatic hydroxyl groups excluding tert-OH is 1. The lowest BCUT2D eigenvalue weighted by Crippen LogP contribution is -2.51. The molecule has 17 heavy (non-hydrogen) atoms. The summed E-state index contributed by atoms with van der Waals surface area (Å²) >= 11 is 0. The van der Waals surface area contributed by atoms with Crippen LogP contribution in [0.1, 0.15) is 52.9 Å². The highest BCUT2D eigenvalue weighted by atomic mass is 16.3. The van der Waals surface area contributed by atoms with Gasteiger partial charge >= 0.3 is 0 Å². The molecule has 0 aromatic rings. The Balaban J connectivity index is 2.23. The smallest absolute Gasteiger partial charge is 0.0644 e. The van der Waals surface area contributed by atoms with Crippen LogP contribution in [0.4, 0.5) is 0 Å². The Kier molecular flexibility index (Phi) is 3.16. The van der Waals surface area contributed by atoms with E-state index in [9.17, 15) is 10.2 Å². The number of aliphatic hydroxyl groups is 2. The molecule has 2 nitrogen and oxygen atoms in total. The highest BCUT2D eigenvalue weighted by Gasteiger charge is 2.49. The van der Waals surface area contributed by atoms with Crippen molar-refractivity contribution in [2.75, 3.05) is 0 Å². The molecule has 98 valence electrons. The molecule has 4 atom stereocenters. The van der Waals surface area contributed by atoms with E-state index in [1.807, 2.05) is 13.8 Å². The van der Waals surface area contributed by atoms with Crippen molar-refractivity contribution in [1.82, 2.24) is 0 Å². The van der Waals surface area contributed by atoms with Crippen molar-refractivity contribution in [2.24, 2.45) is 17.3 Å². The summed E-state index contributed by atoms with van der Waals surface area (Å²) in [4.78, 5) is 0. The Hall–Kier alpha value is -0.340. The third-order valence-corrected chi connectivity index (χ3v) is 5.12. The first kappa shape index (κ1) is 13.1. The Morgan fingerprint density at radius 3 is 2.65 bits per heavy atom. The second-order valence-electron chi connectivity index (χ2n) is 6.99. The van der Waals surface area contributed by atoms with E-state index >= 15 is 0 Å². The molecule has 0 saturated heterocycles. The molecule has 0 aromatic heterocycles. The van der Waals surface area contributed by atoms with E-state index in [0.29, 0.717) is 5.92 Å². The summed E-state index contributed by atoms with van der Waals surface area (Å²) in [6.45, 7) is 10.1. The first-order valence-electron chi connectivity index (χ1n) is 6.82. The average molecular weight is 238 g/mol. The fourth-order valence-electron chi connectivity index (χ4n) is 4.05. The van der Waals surface area contributed by atoms with Gasteiger partial charge in [-0.25, -0.2) is 0 Å². The van der Waals surface area contributed by atoms with Gasteiger partial charge in [-0.05, 0) is 57.3 Å². The molecule has 0 heterocycles. The molecule has 2 rings (SSSR count). The van der Waals surface area contributed by atoms with Gasteiger partial charge in [-0.3, -0.25) is 0 Å². The van der Waals surface area contributed by atoms with Crippen molar-refractivity contribution in [3.8, 4) is 0 Å². The summed E-state index contributed by atoms with van der Waals surface area (Å²) in [7, 11) is 0. The van der Waals surface area contributed by atoms with E-state index in [2.05, 4.69) is 13.5 Å². The van der Waals surface area contributed by atoms with Crippen LogP contribution < -0.4 is 0 Å². The van der Waals surface area contributed by atoms with Crippen LogP contribution in [0.5, 0.6) is 0 Å². The van der Waals surface area contributed by atoms with Gasteiger partial charge in [0.05, 0.1) is 11.7 Å². The van der Waals surface area contributed by atoms with Crippen molar-refractivity contribution in [3.05, 3.63) is 12.2 Å². The van der Waals surface area contributed by atoms with Crippen LogP contribution in [0, 0.1) is 17.3 Å². The predicted molar refractivity (Wildman–Crippen MR) is 69.6 cm³/mol. The van der Waals surface area contributed by atoms with E-state index in [4.69, 9.17) is 0 Å². The zero-order chi connectivity index (χ0) is 12.8. The van der Waals surface area contributed by atoms with Crippen molar-refractivity contribution >= 4 is 0 Å². The monoisotopic (exact) mass is 238 g/mol. The lowest BCUT2D eigenvalue weighted by Gasteiger charge is -2.52. The lowest BCUT2D eigenvalue weighted by molar-refractivity contribution is -0.110. The summed E-state index contributed by atoms with van der Waals surface area (Å²) < 4.78 is 0. The number of hydrogen-bond donors (Lipinski definition) is 2. The van der Waals surface area contributed by atoms with Crippen molar-refractivity contribution < 1.29 is 10.2 Å². The van der Waals surface area contributed by atoms with Crippen LogP contribution in [0.2, 0.25) is 0 Å². The molecular weight excluding hydrogens is 212 g/mol. The molecule has 2 saturated carbocycles. The van der Waals surface area contributed by atoms with Crippen molar-refractivity contribution in [1.29, 1.82) is 0 Å². The quantitative estimate of drug-likeness (QED) is 0.690. The summed E-state index contributed by atoms with van der Waals surface area (Å²) in [5.74, 6) is 0.464. The molecule has 0 unspecified atom stereocenters. The normalized spacial score (nSPS) is 43.4. The lowest BCUT2D eigenvalue weighted by atomic mass is 9.54. The zero-order valence-corrected chi connectivity index (χ0v) is 11.4. The van der Waals surface area contributed by atoms with Gasteiger partial charge in [-0.1, -0.05) is 19.1 Å². The second-order valence-corrected chi connectivity index (χ2v) is 6.99. The highest BCUT2D eigenvalue weighted by Crippen LogP contribution is 2.54. The topological polar surface area (TPSA) is 40.5 Å². The zero-order valence-electron chi connectivity index (χ0n) is 11.4. The molecule has 0 spiro atoms. The molecular formula is C15H26O2. The van der Waals surface area contributed by atoms with Gasteiger partial charge in [0.2, 0.25) is 0 Å². The maximum absolute atomic E-state index is 10.3. The summed E-state index contributed by atoms with van der Waals surface area (Å²) in [5, 5.41) is 20.5. The molecule has 0 aromatic carbocycles. The molecule has 2 aliphatic carbocycles. The number of rotatable bonds is 1. The molecule has 0 bridgehead atoms. The predicted octanol–water partition coefficient (Wildman–Crippen LogP) is 2.89. The fraction of sp³-hybridized carbons (Fsp3) is 0.867. The largest absolute Gasteiger partial charge is 0.393 e. The summed E-state index contributed by atoms with van der Waals surface area (Å²) in [6, 6.07) is 0. The van der Waals surface area contributed by atoms with E-state index < -0.39 is 5.60 Å². The number of hydrogen-bond acceptors (Lipinski definition) is 2. The minimum absolute atomic E-state index is 0.0181. The van der Waals surface area contributed by atoms with Crippen molar-refractivity contribution in [3.63, 3.8) is 0 Å². The van der Waals surface area contributed by atoms with Crippen LogP contribution in [0.25, 0.3) is 0 Å². The van der Waals surface area contributed by atoms with Gasteiger partial charge in [0.15, 0.2) is 0 Å². The number of fused-ring (bicyclic) bond motifs is 1. The van der Waals surface area contributed by atoms with E-state index in [1.165, 1.54) is 18.4 Å². The van der Waals surface area contributed by atoms with Crippen LogP contribution in [-0.4, -0.2) is 21.9 Å². The van der Waals surface area contributed by atoms with Gasteiger partial charge in [0.1, 0.15) is 0 Å². The minimum Gasteiger partial charge on any atom is -0.393 e. The van der Waals surface area contributed by atoms with Gasteiger partial charge in [0, 0.05) is 5.92 Å². The molecule has 2 N–H and O–H groups in total. The molecule has 2 fully saturated rings. The third kappa shape index (κ3) is 2.30. The first-order valence-corrected chi connectivity index (χ1v) is 6.82. The van der Waals surface area contributed by atoms with E-state index in [0.717, 1.165) is 19.3 Å². The minimum atomic E-state index is -0.793. The van der Waals surface area contributed by atoms with Gasteiger partial charge < -0.3 is 10.2 Å². The molecule has 0 aliphatic heterocycles. The van der Waals surface area contributed by atoms with Crippen LogP contribution in [0.15, 0.2) is 12.2 Å². The average Bonchev–Trinajstić information content (AvgIpc) is 2.13. The SMILES string of the molecule is C=C1CCC[C@]2(C)C[C@H](O)[C@@H](C(C)(C)O)C[C@H]12. The maximum Gasteiger partial charge on any atom is 0.0644 e. The van der Waals surface area contributed by atoms with E-state index in [1.54, 1.807) is 0 Å². The van der Waals surface area contributed by atoms with Crippen LogP contribution >= 0.6 is 0 Å². The van der Waals surface area contributed by atoms with Gasteiger partial charge in [0.25, 0.3) is 0 Å². The maximum atomic E-state index is 10.3. The Morgan fingerprint density at radius 2 is 2.06 bits per heavy atom. The molecule has 0 amide bonds. The van der Waals surface area contributed by atoms with Crippen LogP contribution in [0.3, 0.4) is 0 Å².